The minimum atomic E-state index is -1.79. The van der Waals surface area contributed by atoms with Gasteiger partial charge in [-0.1, -0.05) is 27.7 Å². The lowest BCUT2D eigenvalue weighted by Gasteiger charge is -2.39. The van der Waals surface area contributed by atoms with E-state index >= 15 is 0 Å². The fraction of sp³-hybridized carbons (Fsp3) is 1.00. The molecule has 1 heterocycles. The van der Waals surface area contributed by atoms with Crippen LogP contribution in [0.2, 0.25) is 37.8 Å². The van der Waals surface area contributed by atoms with Crippen molar-refractivity contribution in [3.63, 3.8) is 0 Å². The highest BCUT2D eigenvalue weighted by atomic mass is 28.4. The molecule has 7 heteroatoms. The van der Waals surface area contributed by atoms with Crippen LogP contribution in [-0.4, -0.2) is 47.6 Å². The van der Waals surface area contributed by atoms with Crippen molar-refractivity contribution in [2.45, 2.75) is 110 Å². The summed E-state index contributed by atoms with van der Waals surface area (Å²) in [4.78, 5) is 0. The molecule has 0 bridgehead atoms. The predicted molar refractivity (Wildman–Crippen MR) is 117 cm³/mol. The first kappa shape index (κ1) is 24.4. The molecule has 0 saturated carbocycles. The van der Waals surface area contributed by atoms with Gasteiger partial charge in [0.2, 0.25) is 0 Å². The molecule has 26 heavy (non-hydrogen) atoms. The van der Waals surface area contributed by atoms with Crippen LogP contribution >= 0.6 is 0 Å². The molecule has 0 spiro atoms. The third-order valence-corrected chi connectivity index (χ3v) is 11.6. The van der Waals surface area contributed by atoms with Crippen molar-refractivity contribution in [3.05, 3.63) is 0 Å². The summed E-state index contributed by atoms with van der Waals surface area (Å²) in [5.41, 5.74) is -0.697. The highest BCUT2D eigenvalue weighted by molar-refractivity contribution is 6.74. The second-order valence-electron chi connectivity index (χ2n) is 11.4. The van der Waals surface area contributed by atoms with E-state index in [1.165, 1.54) is 0 Å². The SMILES string of the molecule is C[C@H](CO[Si](C)(C)C(C)(C)C)[C@H](O[Si](C)(C)C)B1OC(C)(C)C(C)(C)O1. The van der Waals surface area contributed by atoms with Crippen molar-refractivity contribution < 1.29 is 18.2 Å². The van der Waals surface area contributed by atoms with Crippen LogP contribution in [0.15, 0.2) is 0 Å². The van der Waals surface area contributed by atoms with Gasteiger partial charge >= 0.3 is 7.12 Å². The smallest absolute Gasteiger partial charge is 0.416 e. The van der Waals surface area contributed by atoms with Crippen LogP contribution < -0.4 is 0 Å². The number of hydrogen-bond donors (Lipinski definition) is 0. The van der Waals surface area contributed by atoms with Crippen molar-refractivity contribution >= 4 is 23.8 Å². The zero-order valence-corrected chi connectivity index (χ0v) is 21.6. The summed E-state index contributed by atoms with van der Waals surface area (Å²) >= 11 is 0. The lowest BCUT2D eigenvalue weighted by Crippen LogP contribution is -2.50. The Kier molecular flexibility index (Phi) is 7.16. The van der Waals surface area contributed by atoms with Crippen LogP contribution in [0, 0.1) is 5.92 Å². The highest BCUT2D eigenvalue weighted by Gasteiger charge is 2.56. The molecule has 0 aromatic carbocycles. The molecule has 0 N–H and O–H groups in total. The Morgan fingerprint density at radius 3 is 1.69 bits per heavy atom. The second-order valence-corrected chi connectivity index (χ2v) is 20.6. The minimum Gasteiger partial charge on any atom is -0.416 e. The molecule has 1 fully saturated rings. The Hall–Kier alpha value is 0.339. The van der Waals surface area contributed by atoms with Crippen LogP contribution in [0.5, 0.6) is 0 Å². The Labute approximate surface area is 165 Å². The van der Waals surface area contributed by atoms with Crippen molar-refractivity contribution in [2.24, 2.45) is 5.92 Å². The summed E-state index contributed by atoms with van der Waals surface area (Å²) in [6.45, 7) is 29.3. The minimum absolute atomic E-state index is 0.118. The molecule has 1 saturated heterocycles. The van der Waals surface area contributed by atoms with Crippen LogP contribution in [0.25, 0.3) is 0 Å². The lowest BCUT2D eigenvalue weighted by molar-refractivity contribution is 0.00578. The summed E-state index contributed by atoms with van der Waals surface area (Å²) in [7, 11) is -3.91. The van der Waals surface area contributed by atoms with E-state index in [0.717, 1.165) is 0 Å². The van der Waals surface area contributed by atoms with E-state index in [1.54, 1.807) is 0 Å². The molecule has 0 unspecified atom stereocenters. The van der Waals surface area contributed by atoms with E-state index in [0.29, 0.717) is 6.61 Å². The van der Waals surface area contributed by atoms with Crippen molar-refractivity contribution in [3.8, 4) is 0 Å². The Morgan fingerprint density at radius 1 is 0.923 bits per heavy atom. The summed E-state index contributed by atoms with van der Waals surface area (Å²) in [5.74, 6) is 0.200. The Bertz CT molecular complexity index is 465. The summed E-state index contributed by atoms with van der Waals surface area (Å²) in [6, 6.07) is -0.118. The van der Waals surface area contributed by atoms with Crippen LogP contribution in [0.1, 0.15) is 55.4 Å². The molecular formula is C19H43BO4Si2. The van der Waals surface area contributed by atoms with Gasteiger partial charge in [0.25, 0.3) is 0 Å². The quantitative estimate of drug-likeness (QED) is 0.527. The normalized spacial score (nSPS) is 23.2. The monoisotopic (exact) mass is 402 g/mol. The average molecular weight is 403 g/mol. The summed E-state index contributed by atoms with van der Waals surface area (Å²) in [5, 5.41) is 0.201. The van der Waals surface area contributed by atoms with Gasteiger partial charge in [0, 0.05) is 12.5 Å². The molecule has 1 aliphatic rings. The van der Waals surface area contributed by atoms with E-state index in [4.69, 9.17) is 18.2 Å². The molecular weight excluding hydrogens is 359 g/mol. The van der Waals surface area contributed by atoms with Gasteiger partial charge in [-0.25, -0.2) is 0 Å². The van der Waals surface area contributed by atoms with Gasteiger partial charge < -0.3 is 18.2 Å². The summed E-state index contributed by atoms with van der Waals surface area (Å²) < 4.78 is 25.7. The van der Waals surface area contributed by atoms with Crippen molar-refractivity contribution in [1.82, 2.24) is 0 Å². The zero-order chi connectivity index (χ0) is 20.8. The largest absolute Gasteiger partial charge is 0.487 e. The Morgan fingerprint density at radius 2 is 1.35 bits per heavy atom. The third-order valence-electron chi connectivity index (χ3n) is 6.10. The van der Waals surface area contributed by atoms with Gasteiger partial charge in [-0.3, -0.25) is 0 Å². The molecule has 1 aliphatic heterocycles. The second kappa shape index (κ2) is 7.64. The maximum atomic E-state index is 6.55. The highest BCUT2D eigenvalue weighted by Crippen LogP contribution is 2.40. The van der Waals surface area contributed by atoms with Crippen LogP contribution in [-0.2, 0) is 18.2 Å². The maximum Gasteiger partial charge on any atom is 0.487 e. The number of hydrogen-bond acceptors (Lipinski definition) is 4. The standard InChI is InChI=1S/C19H43BO4Si2/c1-15(14-21-26(12,13)17(2,3)4)16(22-25(9,10)11)20-23-18(5,6)19(7,8)24-20/h15-16H,14H2,1-13H3/t15-,16+/m1/s1. The zero-order valence-electron chi connectivity index (χ0n) is 19.6. The Balaban J connectivity index is 2.94. The molecule has 0 aromatic rings. The maximum absolute atomic E-state index is 6.55. The van der Waals surface area contributed by atoms with Gasteiger partial charge in [0.15, 0.2) is 16.6 Å². The van der Waals surface area contributed by atoms with Gasteiger partial charge in [-0.2, -0.15) is 0 Å². The van der Waals surface area contributed by atoms with Gasteiger partial charge in [0.1, 0.15) is 0 Å². The molecule has 0 radical (unpaired) electrons. The molecule has 4 nitrogen and oxygen atoms in total. The van der Waals surface area contributed by atoms with E-state index in [-0.39, 0.29) is 35.3 Å². The molecule has 2 atom stereocenters. The fourth-order valence-corrected chi connectivity index (χ4v) is 4.79. The topological polar surface area (TPSA) is 36.9 Å². The molecule has 0 aliphatic carbocycles. The van der Waals surface area contributed by atoms with Crippen molar-refractivity contribution in [2.75, 3.05) is 6.61 Å². The van der Waals surface area contributed by atoms with Crippen molar-refractivity contribution in [1.29, 1.82) is 0 Å². The average Bonchev–Trinajstić information content (AvgIpc) is 2.59. The van der Waals surface area contributed by atoms with E-state index in [9.17, 15) is 0 Å². The van der Waals surface area contributed by atoms with Gasteiger partial charge in [-0.05, 0) is 65.5 Å². The summed E-state index contributed by atoms with van der Waals surface area (Å²) in [6.07, 6.45) is 0. The third kappa shape index (κ3) is 5.92. The molecule has 154 valence electrons. The van der Waals surface area contributed by atoms with Gasteiger partial charge in [-0.15, -0.1) is 0 Å². The van der Waals surface area contributed by atoms with E-state index < -0.39 is 16.6 Å². The van der Waals surface area contributed by atoms with Crippen LogP contribution in [0.4, 0.5) is 0 Å². The molecule has 0 amide bonds. The lowest BCUT2D eigenvalue weighted by atomic mass is 9.74. The fourth-order valence-electron chi connectivity index (χ4n) is 2.52. The van der Waals surface area contributed by atoms with E-state index in [2.05, 4.69) is 88.1 Å². The van der Waals surface area contributed by atoms with Gasteiger partial charge in [0.05, 0.1) is 17.2 Å². The number of rotatable bonds is 7. The first-order valence-electron chi connectivity index (χ1n) is 9.96. The first-order chi connectivity index (χ1) is 11.3. The first-order valence-corrected chi connectivity index (χ1v) is 16.3. The van der Waals surface area contributed by atoms with Crippen LogP contribution in [0.3, 0.4) is 0 Å². The predicted octanol–water partition coefficient (Wildman–Crippen LogP) is 5.50. The molecule has 1 rings (SSSR count). The van der Waals surface area contributed by atoms with E-state index in [1.807, 2.05) is 0 Å². The molecule has 0 aromatic heterocycles.